The molecular weight excluding hydrogens is 416 g/mol. The highest BCUT2D eigenvalue weighted by Gasteiger charge is 2.30. The molecule has 2 heterocycles. The molecule has 0 radical (unpaired) electrons. The molecule has 1 aliphatic carbocycles. The van der Waals surface area contributed by atoms with E-state index in [1.54, 1.807) is 24.4 Å². The summed E-state index contributed by atoms with van der Waals surface area (Å²) in [7, 11) is 0. The zero-order chi connectivity index (χ0) is 22.9. The third-order valence-electron chi connectivity index (χ3n) is 6.32. The minimum absolute atomic E-state index is 0.000406. The lowest BCUT2D eigenvalue weighted by atomic mass is 9.90. The van der Waals surface area contributed by atoms with Crippen molar-refractivity contribution in [2.24, 2.45) is 0 Å². The van der Waals surface area contributed by atoms with Gasteiger partial charge in [-0.05, 0) is 41.7 Å². The highest BCUT2D eigenvalue weighted by atomic mass is 16.5. The van der Waals surface area contributed by atoms with Gasteiger partial charge in [-0.1, -0.05) is 24.3 Å². The predicted octanol–water partition coefficient (Wildman–Crippen LogP) is 4.54. The van der Waals surface area contributed by atoms with E-state index in [4.69, 9.17) is 9.84 Å². The number of nitrogens with one attached hydrogen (secondary N) is 1. The average molecular weight is 436 g/mol. The molecule has 0 bridgehead atoms. The number of carboxylic acid groups (broad SMARTS) is 1. The van der Waals surface area contributed by atoms with Crippen LogP contribution >= 0.6 is 0 Å². The van der Waals surface area contributed by atoms with Crippen LogP contribution in [-0.4, -0.2) is 22.7 Å². The maximum absolute atomic E-state index is 11.1. The van der Waals surface area contributed by atoms with Crippen molar-refractivity contribution in [3.05, 3.63) is 76.6 Å². The Balaban J connectivity index is 1.45. The maximum Gasteiger partial charge on any atom is 0.304 e. The van der Waals surface area contributed by atoms with E-state index in [0.29, 0.717) is 34.7 Å². The minimum Gasteiger partial charge on any atom is -0.491 e. The van der Waals surface area contributed by atoms with Gasteiger partial charge in [-0.15, -0.1) is 0 Å². The van der Waals surface area contributed by atoms with Crippen molar-refractivity contribution in [3.63, 3.8) is 0 Å². The number of pyridine rings is 1. The molecule has 7 heteroatoms. The van der Waals surface area contributed by atoms with Gasteiger partial charge in [0.1, 0.15) is 5.75 Å². The Kier molecular flexibility index (Phi) is 5.16. The first-order valence-electron chi connectivity index (χ1n) is 10.8. The van der Waals surface area contributed by atoms with Crippen LogP contribution in [0.4, 0.5) is 5.69 Å². The van der Waals surface area contributed by atoms with Crippen LogP contribution in [-0.2, 0) is 11.2 Å². The van der Waals surface area contributed by atoms with Crippen LogP contribution in [0, 0.1) is 22.7 Å². The zero-order valence-electron chi connectivity index (χ0n) is 17.7. The van der Waals surface area contributed by atoms with Gasteiger partial charge in [-0.2, -0.15) is 10.5 Å². The Morgan fingerprint density at radius 1 is 1.18 bits per heavy atom. The van der Waals surface area contributed by atoms with Gasteiger partial charge in [0.25, 0.3) is 0 Å². The molecule has 3 aromatic rings. The van der Waals surface area contributed by atoms with Crippen molar-refractivity contribution in [1.29, 1.82) is 10.5 Å². The number of aliphatic carboxylic acids is 1. The van der Waals surface area contributed by atoms with Crippen LogP contribution in [0.1, 0.15) is 52.7 Å². The third-order valence-corrected chi connectivity index (χ3v) is 6.32. The molecule has 162 valence electrons. The van der Waals surface area contributed by atoms with Crippen molar-refractivity contribution in [1.82, 2.24) is 4.98 Å². The van der Waals surface area contributed by atoms with Crippen LogP contribution < -0.4 is 10.1 Å². The Hall–Kier alpha value is -4.36. The van der Waals surface area contributed by atoms with Gasteiger partial charge in [0.05, 0.1) is 59.9 Å². The number of aromatic nitrogens is 1. The second kappa shape index (κ2) is 8.29. The highest BCUT2D eigenvalue weighted by Crippen LogP contribution is 2.42. The lowest BCUT2D eigenvalue weighted by molar-refractivity contribution is -0.137. The monoisotopic (exact) mass is 436 g/mol. The SMILES string of the molecule is N#Cc1cccc(C#N)c1-c1cccc2c1CCC2Nc1cnc2c(c1)OCC2CC(=O)O. The van der Waals surface area contributed by atoms with Crippen molar-refractivity contribution in [3.8, 4) is 29.0 Å². The lowest BCUT2D eigenvalue weighted by Crippen LogP contribution is -2.09. The molecule has 2 aliphatic rings. The van der Waals surface area contributed by atoms with Crippen molar-refractivity contribution >= 4 is 11.7 Å². The Morgan fingerprint density at radius 2 is 1.94 bits per heavy atom. The number of hydrogen-bond acceptors (Lipinski definition) is 6. The number of nitrogens with zero attached hydrogens (tertiary/aromatic N) is 3. The summed E-state index contributed by atoms with van der Waals surface area (Å²) < 4.78 is 5.69. The number of nitriles is 2. The van der Waals surface area contributed by atoms with Crippen LogP contribution in [0.5, 0.6) is 5.75 Å². The topological polar surface area (TPSA) is 119 Å². The fourth-order valence-corrected chi connectivity index (χ4v) is 4.86. The number of hydrogen-bond donors (Lipinski definition) is 2. The molecule has 0 amide bonds. The van der Waals surface area contributed by atoms with Gasteiger partial charge in [0.15, 0.2) is 0 Å². The molecule has 0 saturated heterocycles. The molecular formula is C26H20N4O3. The predicted molar refractivity (Wildman–Crippen MR) is 121 cm³/mol. The Labute approximate surface area is 190 Å². The molecule has 1 aliphatic heterocycles. The molecule has 0 fully saturated rings. The summed E-state index contributed by atoms with van der Waals surface area (Å²) in [6.07, 6.45) is 3.41. The van der Waals surface area contributed by atoms with Crippen molar-refractivity contribution in [2.75, 3.05) is 11.9 Å². The number of carbonyl (C=O) groups is 1. The number of anilines is 1. The summed E-state index contributed by atoms with van der Waals surface area (Å²) in [5.74, 6) is -0.466. The van der Waals surface area contributed by atoms with E-state index < -0.39 is 5.97 Å². The smallest absolute Gasteiger partial charge is 0.304 e. The normalized spacial score (nSPS) is 17.9. The summed E-state index contributed by atoms with van der Waals surface area (Å²) in [6, 6.07) is 17.6. The lowest BCUT2D eigenvalue weighted by Gasteiger charge is -2.17. The zero-order valence-corrected chi connectivity index (χ0v) is 17.7. The fourth-order valence-electron chi connectivity index (χ4n) is 4.86. The second-order valence-corrected chi connectivity index (χ2v) is 8.27. The minimum atomic E-state index is -0.864. The van der Waals surface area contributed by atoms with Gasteiger partial charge < -0.3 is 15.2 Å². The van der Waals surface area contributed by atoms with E-state index in [2.05, 4.69) is 28.5 Å². The number of benzene rings is 2. The number of fused-ring (bicyclic) bond motifs is 2. The maximum atomic E-state index is 11.1. The first-order valence-corrected chi connectivity index (χ1v) is 10.8. The molecule has 1 aromatic heterocycles. The van der Waals surface area contributed by atoms with E-state index in [-0.39, 0.29) is 18.4 Å². The molecule has 2 aromatic carbocycles. The summed E-state index contributed by atoms with van der Waals surface area (Å²) in [5.41, 5.74) is 6.38. The standard InChI is InChI=1S/C26H20N4O3/c27-11-15-3-1-4-16(12-28)25(15)21-6-2-5-20-19(21)7-8-22(20)30-18-10-23-26(29-13-18)17(14-33-23)9-24(31)32/h1-6,10,13,17,22,30H,7-9,14H2,(H,31,32). The number of ether oxygens (including phenoxy) is 1. The fraction of sp³-hybridized carbons (Fsp3) is 0.231. The molecule has 2 N–H and O–H groups in total. The molecule has 2 unspecified atom stereocenters. The quantitative estimate of drug-likeness (QED) is 0.602. The average Bonchev–Trinajstić information content (AvgIpc) is 3.42. The van der Waals surface area contributed by atoms with Gasteiger partial charge in [0, 0.05) is 17.5 Å². The molecule has 7 nitrogen and oxygen atoms in total. The van der Waals surface area contributed by atoms with E-state index in [0.717, 1.165) is 35.2 Å². The highest BCUT2D eigenvalue weighted by molar-refractivity contribution is 5.80. The molecule has 2 atom stereocenters. The summed E-state index contributed by atoms with van der Waals surface area (Å²) in [6.45, 7) is 0.327. The van der Waals surface area contributed by atoms with E-state index >= 15 is 0 Å². The molecule has 0 saturated carbocycles. The second-order valence-electron chi connectivity index (χ2n) is 8.27. The third kappa shape index (κ3) is 3.64. The van der Waals surface area contributed by atoms with Crippen LogP contribution in [0.2, 0.25) is 0 Å². The summed E-state index contributed by atoms with van der Waals surface area (Å²) in [4.78, 5) is 15.5. The first kappa shape index (κ1) is 20.5. The molecule has 33 heavy (non-hydrogen) atoms. The van der Waals surface area contributed by atoms with E-state index in [1.807, 2.05) is 18.2 Å². The first-order chi connectivity index (χ1) is 16.1. The van der Waals surface area contributed by atoms with Crippen LogP contribution in [0.15, 0.2) is 48.7 Å². The number of carboxylic acids is 1. The molecule has 0 spiro atoms. The van der Waals surface area contributed by atoms with E-state index in [9.17, 15) is 15.3 Å². The summed E-state index contributed by atoms with van der Waals surface area (Å²) >= 11 is 0. The van der Waals surface area contributed by atoms with Gasteiger partial charge >= 0.3 is 5.97 Å². The Bertz CT molecular complexity index is 1320. The van der Waals surface area contributed by atoms with Gasteiger partial charge in [-0.3, -0.25) is 9.78 Å². The largest absolute Gasteiger partial charge is 0.491 e. The van der Waals surface area contributed by atoms with Crippen LogP contribution in [0.3, 0.4) is 0 Å². The van der Waals surface area contributed by atoms with Crippen molar-refractivity contribution < 1.29 is 14.6 Å². The van der Waals surface area contributed by atoms with Gasteiger partial charge in [0.2, 0.25) is 0 Å². The van der Waals surface area contributed by atoms with E-state index in [1.165, 1.54) is 0 Å². The van der Waals surface area contributed by atoms with Crippen molar-refractivity contribution in [2.45, 2.75) is 31.2 Å². The van der Waals surface area contributed by atoms with Crippen LogP contribution in [0.25, 0.3) is 11.1 Å². The van der Waals surface area contributed by atoms with Gasteiger partial charge in [-0.25, -0.2) is 0 Å². The Morgan fingerprint density at radius 3 is 2.67 bits per heavy atom. The molecule has 5 rings (SSSR count). The number of rotatable bonds is 5. The summed E-state index contributed by atoms with van der Waals surface area (Å²) in [5, 5.41) is 31.8.